The van der Waals surface area contributed by atoms with E-state index in [2.05, 4.69) is 5.32 Å². The summed E-state index contributed by atoms with van der Waals surface area (Å²) in [7, 11) is -0.700. The SMILES string of the molecule is Cc1ccc(S(=O)(=O)N(C)C)cc1N=C1S[C@H](CC(=O)Nc2ccccc2)C(=O)N1C[C@@H]1CCCO1. The molecule has 0 unspecified atom stereocenters. The van der Waals surface area contributed by atoms with Crippen LogP contribution in [0.5, 0.6) is 0 Å². The summed E-state index contributed by atoms with van der Waals surface area (Å²) in [4.78, 5) is 32.5. The van der Waals surface area contributed by atoms with E-state index in [0.29, 0.717) is 29.7 Å². The molecule has 2 aromatic carbocycles. The number of nitrogens with one attached hydrogen (secondary N) is 1. The third-order valence-corrected chi connectivity index (χ3v) is 9.02. The molecule has 2 saturated heterocycles. The smallest absolute Gasteiger partial charge is 0.242 e. The highest BCUT2D eigenvalue weighted by atomic mass is 32.2. The lowest BCUT2D eigenvalue weighted by Crippen LogP contribution is -2.38. The van der Waals surface area contributed by atoms with Crippen molar-refractivity contribution in [2.45, 2.75) is 42.4 Å². The van der Waals surface area contributed by atoms with Crippen molar-refractivity contribution < 1.29 is 22.7 Å². The van der Waals surface area contributed by atoms with Gasteiger partial charge in [0, 0.05) is 32.8 Å². The van der Waals surface area contributed by atoms with Gasteiger partial charge >= 0.3 is 0 Å². The summed E-state index contributed by atoms with van der Waals surface area (Å²) in [6.07, 6.45) is 1.67. The first-order chi connectivity index (χ1) is 17.1. The molecule has 2 amide bonds. The lowest BCUT2D eigenvalue weighted by Gasteiger charge is -2.20. The van der Waals surface area contributed by atoms with Crippen LogP contribution in [0.25, 0.3) is 0 Å². The Morgan fingerprint density at radius 3 is 2.64 bits per heavy atom. The van der Waals surface area contributed by atoms with E-state index in [1.54, 1.807) is 29.2 Å². The van der Waals surface area contributed by atoms with Gasteiger partial charge in [0.25, 0.3) is 0 Å². The number of anilines is 1. The van der Waals surface area contributed by atoms with Gasteiger partial charge in [0.1, 0.15) is 5.25 Å². The van der Waals surface area contributed by atoms with Crippen LogP contribution in [0.4, 0.5) is 11.4 Å². The van der Waals surface area contributed by atoms with Gasteiger partial charge in [0.05, 0.1) is 23.2 Å². The van der Waals surface area contributed by atoms with Crippen LogP contribution in [-0.2, 0) is 24.3 Å². The van der Waals surface area contributed by atoms with E-state index >= 15 is 0 Å². The molecule has 0 radical (unpaired) electrons. The summed E-state index contributed by atoms with van der Waals surface area (Å²) in [5.74, 6) is -0.465. The first-order valence-electron chi connectivity index (χ1n) is 11.7. The molecule has 9 nitrogen and oxygen atoms in total. The van der Waals surface area contributed by atoms with Gasteiger partial charge in [-0.25, -0.2) is 17.7 Å². The lowest BCUT2D eigenvalue weighted by molar-refractivity contribution is -0.129. The summed E-state index contributed by atoms with van der Waals surface area (Å²) in [5, 5.41) is 2.63. The Morgan fingerprint density at radius 1 is 1.22 bits per heavy atom. The number of amides is 2. The molecule has 192 valence electrons. The Bertz CT molecular complexity index is 1260. The number of thioether (sulfide) groups is 1. The fraction of sp³-hybridized carbons (Fsp3) is 0.400. The quantitative estimate of drug-likeness (QED) is 0.561. The van der Waals surface area contributed by atoms with Gasteiger partial charge in [-0.05, 0) is 49.6 Å². The average Bonchev–Trinajstić information content (AvgIpc) is 3.45. The summed E-state index contributed by atoms with van der Waals surface area (Å²) >= 11 is 1.22. The van der Waals surface area contributed by atoms with Gasteiger partial charge in [-0.3, -0.25) is 14.5 Å². The molecule has 2 fully saturated rings. The Labute approximate surface area is 216 Å². The number of benzene rings is 2. The van der Waals surface area contributed by atoms with Crippen LogP contribution in [0, 0.1) is 6.92 Å². The molecule has 1 N–H and O–H groups in total. The van der Waals surface area contributed by atoms with Gasteiger partial charge < -0.3 is 10.1 Å². The second-order valence-corrected chi connectivity index (χ2v) is 12.3. The van der Waals surface area contributed by atoms with Gasteiger partial charge in [0.15, 0.2) is 5.17 Å². The van der Waals surface area contributed by atoms with Crippen LogP contribution in [0.15, 0.2) is 58.4 Å². The highest BCUT2D eigenvalue weighted by Crippen LogP contribution is 2.34. The normalized spacial score (nSPS) is 21.5. The zero-order valence-corrected chi connectivity index (χ0v) is 22.1. The van der Waals surface area contributed by atoms with E-state index in [-0.39, 0.29) is 29.2 Å². The number of nitrogens with zero attached hydrogens (tertiary/aromatic N) is 3. The van der Waals surface area contributed by atoms with Crippen LogP contribution >= 0.6 is 11.8 Å². The molecule has 2 heterocycles. The summed E-state index contributed by atoms with van der Waals surface area (Å²) in [6, 6.07) is 13.8. The molecule has 2 atom stereocenters. The summed E-state index contributed by atoms with van der Waals surface area (Å²) in [5.41, 5.74) is 1.90. The van der Waals surface area contributed by atoms with E-state index in [1.165, 1.54) is 31.9 Å². The van der Waals surface area contributed by atoms with Crippen molar-refractivity contribution in [2.24, 2.45) is 4.99 Å². The lowest BCUT2D eigenvalue weighted by atomic mass is 10.2. The number of hydrogen-bond donors (Lipinski definition) is 1. The predicted molar refractivity (Wildman–Crippen MR) is 141 cm³/mol. The van der Waals surface area contributed by atoms with Crippen molar-refractivity contribution in [1.82, 2.24) is 9.21 Å². The molecule has 0 bridgehead atoms. The fourth-order valence-electron chi connectivity index (χ4n) is 3.97. The number of hydrogen-bond acceptors (Lipinski definition) is 7. The second-order valence-electron chi connectivity index (χ2n) is 8.94. The number of aliphatic imine (C=N–C) groups is 1. The van der Waals surface area contributed by atoms with E-state index in [0.717, 1.165) is 22.7 Å². The van der Waals surface area contributed by atoms with E-state index in [4.69, 9.17) is 9.73 Å². The number of amidine groups is 1. The Morgan fingerprint density at radius 2 is 1.97 bits per heavy atom. The van der Waals surface area contributed by atoms with Crippen LogP contribution in [0.3, 0.4) is 0 Å². The van der Waals surface area contributed by atoms with Crippen molar-refractivity contribution in [1.29, 1.82) is 0 Å². The number of para-hydroxylation sites is 1. The molecule has 2 aliphatic heterocycles. The Kier molecular flexibility index (Phi) is 8.13. The van der Waals surface area contributed by atoms with Crippen molar-refractivity contribution in [2.75, 3.05) is 32.6 Å². The topological polar surface area (TPSA) is 108 Å². The largest absolute Gasteiger partial charge is 0.376 e. The number of sulfonamides is 1. The number of carbonyl (C=O) groups is 2. The highest BCUT2D eigenvalue weighted by molar-refractivity contribution is 8.15. The molecule has 0 saturated carbocycles. The maximum atomic E-state index is 13.4. The minimum atomic E-state index is -3.65. The highest BCUT2D eigenvalue weighted by Gasteiger charge is 2.40. The van der Waals surface area contributed by atoms with Crippen LogP contribution in [0.2, 0.25) is 0 Å². The predicted octanol–water partition coefficient (Wildman–Crippen LogP) is 3.38. The number of rotatable bonds is 8. The number of carbonyl (C=O) groups excluding carboxylic acids is 2. The van der Waals surface area contributed by atoms with Crippen molar-refractivity contribution in [3.05, 3.63) is 54.1 Å². The zero-order valence-electron chi connectivity index (χ0n) is 20.5. The standard InChI is InChI=1S/C25H30N4O5S2/c1-17-11-12-20(36(32,33)28(2)3)14-21(17)27-25-29(16-19-10-7-13-34-19)24(31)22(35-25)15-23(30)26-18-8-5-4-6-9-18/h4-6,8-9,11-12,14,19,22H,7,10,13,15-16H2,1-3H3,(H,26,30)/t19-,22+/m0/s1. The molecule has 4 rings (SSSR count). The molecule has 2 aliphatic rings. The molecular weight excluding hydrogens is 500 g/mol. The number of aryl methyl sites for hydroxylation is 1. The fourth-order valence-corrected chi connectivity index (χ4v) is 6.05. The summed E-state index contributed by atoms with van der Waals surface area (Å²) in [6.45, 7) is 2.83. The van der Waals surface area contributed by atoms with Crippen LogP contribution in [-0.4, -0.2) is 73.2 Å². The molecule has 2 aromatic rings. The van der Waals surface area contributed by atoms with Gasteiger partial charge in [0.2, 0.25) is 21.8 Å². The minimum Gasteiger partial charge on any atom is -0.376 e. The first kappa shape index (κ1) is 26.3. The van der Waals surface area contributed by atoms with E-state index in [9.17, 15) is 18.0 Å². The van der Waals surface area contributed by atoms with Crippen molar-refractivity contribution in [3.8, 4) is 0 Å². The molecule has 11 heteroatoms. The van der Waals surface area contributed by atoms with E-state index in [1.807, 2.05) is 25.1 Å². The molecule has 0 aromatic heterocycles. The zero-order chi connectivity index (χ0) is 25.9. The van der Waals surface area contributed by atoms with Gasteiger partial charge in [-0.1, -0.05) is 36.0 Å². The molecule has 0 spiro atoms. The maximum Gasteiger partial charge on any atom is 0.242 e. The second kappa shape index (κ2) is 11.1. The van der Waals surface area contributed by atoms with E-state index < -0.39 is 15.3 Å². The minimum absolute atomic E-state index is 0.00648. The third kappa shape index (κ3) is 5.97. The first-order valence-corrected chi connectivity index (χ1v) is 14.0. The Balaban J connectivity index is 1.61. The van der Waals surface area contributed by atoms with Gasteiger partial charge in [-0.15, -0.1) is 0 Å². The van der Waals surface area contributed by atoms with Crippen molar-refractivity contribution >= 4 is 50.1 Å². The van der Waals surface area contributed by atoms with Gasteiger partial charge in [-0.2, -0.15) is 0 Å². The third-order valence-electron chi connectivity index (χ3n) is 6.03. The van der Waals surface area contributed by atoms with Crippen LogP contribution < -0.4 is 5.32 Å². The molecule has 0 aliphatic carbocycles. The average molecular weight is 531 g/mol. The summed E-state index contributed by atoms with van der Waals surface area (Å²) < 4.78 is 32.2. The van der Waals surface area contributed by atoms with Crippen molar-refractivity contribution in [3.63, 3.8) is 0 Å². The maximum absolute atomic E-state index is 13.4. The monoisotopic (exact) mass is 530 g/mol. The van der Waals surface area contributed by atoms with Crippen LogP contribution in [0.1, 0.15) is 24.8 Å². The molecule has 36 heavy (non-hydrogen) atoms. The Hall–Kier alpha value is -2.73. The molecular formula is C25H30N4O5S2. The number of ether oxygens (including phenoxy) is 1.